The number of hydrogen-bond donors (Lipinski definition) is 3. The first-order valence-electron chi connectivity index (χ1n) is 4.42. The number of rotatable bonds is 5. The van der Waals surface area contributed by atoms with Crippen LogP contribution in [0.15, 0.2) is 24.3 Å². The number of nitrogens with one attached hydrogen (secondary N) is 1. The standard InChI is InChI=1S/C10H13NO3S/c1-14-8-4-2-3-7(5-8)6-9(11-15)10(12)13/h2-5,9,11,15H,6H2,1H3,(H,12,13). The molecule has 15 heavy (non-hydrogen) atoms. The Balaban J connectivity index is 2.74. The summed E-state index contributed by atoms with van der Waals surface area (Å²) in [5.41, 5.74) is 0.892. The van der Waals surface area contributed by atoms with Crippen LogP contribution in [-0.4, -0.2) is 24.2 Å². The van der Waals surface area contributed by atoms with E-state index in [1.54, 1.807) is 13.2 Å². The fourth-order valence-corrected chi connectivity index (χ4v) is 1.43. The number of carboxylic acids is 1. The van der Waals surface area contributed by atoms with Gasteiger partial charge in [0.25, 0.3) is 0 Å². The minimum Gasteiger partial charge on any atom is -0.497 e. The molecule has 1 atom stereocenters. The predicted molar refractivity (Wildman–Crippen MR) is 60.2 cm³/mol. The molecule has 0 aliphatic rings. The fraction of sp³-hybridized carbons (Fsp3) is 0.300. The molecule has 0 aromatic heterocycles. The largest absolute Gasteiger partial charge is 0.497 e. The summed E-state index contributed by atoms with van der Waals surface area (Å²) in [6.45, 7) is 0. The Morgan fingerprint density at radius 3 is 2.93 bits per heavy atom. The van der Waals surface area contributed by atoms with E-state index in [9.17, 15) is 4.79 Å². The van der Waals surface area contributed by atoms with E-state index < -0.39 is 12.0 Å². The van der Waals surface area contributed by atoms with Gasteiger partial charge in [0.1, 0.15) is 11.8 Å². The van der Waals surface area contributed by atoms with Gasteiger partial charge in [-0.25, -0.2) is 0 Å². The van der Waals surface area contributed by atoms with Crippen molar-refractivity contribution >= 4 is 18.8 Å². The summed E-state index contributed by atoms with van der Waals surface area (Å²) < 4.78 is 7.49. The van der Waals surface area contributed by atoms with Crippen molar-refractivity contribution in [2.24, 2.45) is 0 Å². The van der Waals surface area contributed by atoms with Crippen LogP contribution in [0.5, 0.6) is 5.75 Å². The van der Waals surface area contributed by atoms with Crippen molar-refractivity contribution in [2.45, 2.75) is 12.5 Å². The van der Waals surface area contributed by atoms with E-state index in [2.05, 4.69) is 17.5 Å². The first-order valence-corrected chi connectivity index (χ1v) is 4.87. The summed E-state index contributed by atoms with van der Waals surface area (Å²) in [4.78, 5) is 10.7. The van der Waals surface area contributed by atoms with Crippen molar-refractivity contribution in [3.63, 3.8) is 0 Å². The summed E-state index contributed by atoms with van der Waals surface area (Å²) in [6.07, 6.45) is 0.371. The van der Waals surface area contributed by atoms with Gasteiger partial charge in [-0.15, -0.1) is 0 Å². The Kier molecular flexibility index (Phi) is 4.45. The molecule has 5 heteroatoms. The smallest absolute Gasteiger partial charge is 0.321 e. The first kappa shape index (κ1) is 11.9. The monoisotopic (exact) mass is 227 g/mol. The Hall–Kier alpha value is -1.20. The quantitative estimate of drug-likeness (QED) is 0.660. The highest BCUT2D eigenvalue weighted by molar-refractivity contribution is 7.78. The molecule has 1 aromatic rings. The van der Waals surface area contributed by atoms with Gasteiger partial charge in [-0.3, -0.25) is 9.52 Å². The van der Waals surface area contributed by atoms with E-state index in [-0.39, 0.29) is 0 Å². The molecular weight excluding hydrogens is 214 g/mol. The van der Waals surface area contributed by atoms with Crippen molar-refractivity contribution in [1.29, 1.82) is 0 Å². The van der Waals surface area contributed by atoms with Gasteiger partial charge >= 0.3 is 5.97 Å². The van der Waals surface area contributed by atoms with Crippen LogP contribution >= 0.6 is 12.8 Å². The number of thiol groups is 1. The zero-order chi connectivity index (χ0) is 11.3. The summed E-state index contributed by atoms with van der Waals surface area (Å²) in [6, 6.07) is 6.60. The number of carboxylic acid groups (broad SMARTS) is 1. The Labute approximate surface area is 93.8 Å². The maximum Gasteiger partial charge on any atom is 0.321 e. The van der Waals surface area contributed by atoms with Gasteiger partial charge in [-0.05, 0) is 24.1 Å². The molecule has 4 nitrogen and oxygen atoms in total. The van der Waals surface area contributed by atoms with E-state index >= 15 is 0 Å². The van der Waals surface area contributed by atoms with Gasteiger partial charge in [0, 0.05) is 0 Å². The van der Waals surface area contributed by atoms with Crippen LogP contribution in [-0.2, 0) is 11.2 Å². The van der Waals surface area contributed by atoms with E-state index in [0.29, 0.717) is 6.42 Å². The second-order valence-corrected chi connectivity index (χ2v) is 3.33. The number of methoxy groups -OCH3 is 1. The Morgan fingerprint density at radius 2 is 2.40 bits per heavy atom. The molecule has 0 bridgehead atoms. The SMILES string of the molecule is COc1cccc(CC(NS)C(=O)O)c1. The highest BCUT2D eigenvalue weighted by Crippen LogP contribution is 2.14. The number of hydrogen-bond acceptors (Lipinski definition) is 4. The molecule has 1 aromatic carbocycles. The lowest BCUT2D eigenvalue weighted by atomic mass is 10.1. The van der Waals surface area contributed by atoms with Crippen molar-refractivity contribution in [3.8, 4) is 5.75 Å². The van der Waals surface area contributed by atoms with Crippen LogP contribution in [0.3, 0.4) is 0 Å². The highest BCUT2D eigenvalue weighted by atomic mass is 32.1. The van der Waals surface area contributed by atoms with Crippen molar-refractivity contribution < 1.29 is 14.6 Å². The Bertz CT molecular complexity index is 343. The van der Waals surface area contributed by atoms with Crippen LogP contribution < -0.4 is 9.46 Å². The molecule has 2 N–H and O–H groups in total. The maximum absolute atomic E-state index is 10.7. The van der Waals surface area contributed by atoms with Gasteiger partial charge in [-0.2, -0.15) is 0 Å². The van der Waals surface area contributed by atoms with E-state index in [1.807, 2.05) is 18.2 Å². The second kappa shape index (κ2) is 5.63. The number of carbonyl (C=O) groups is 1. The third-order valence-corrected chi connectivity index (χ3v) is 2.34. The molecule has 1 rings (SSSR count). The average molecular weight is 227 g/mol. The molecule has 0 heterocycles. The number of ether oxygens (including phenoxy) is 1. The maximum atomic E-state index is 10.7. The summed E-state index contributed by atoms with van der Waals surface area (Å²) in [5, 5.41) is 8.82. The molecule has 0 spiro atoms. The molecule has 0 aliphatic carbocycles. The topological polar surface area (TPSA) is 58.6 Å². The fourth-order valence-electron chi connectivity index (χ4n) is 1.22. The minimum absolute atomic E-state index is 0.371. The van der Waals surface area contributed by atoms with Crippen LogP contribution in [0.25, 0.3) is 0 Å². The van der Waals surface area contributed by atoms with Crippen molar-refractivity contribution in [1.82, 2.24) is 4.72 Å². The van der Waals surface area contributed by atoms with Gasteiger partial charge in [0.05, 0.1) is 7.11 Å². The molecule has 0 amide bonds. The first-order chi connectivity index (χ1) is 7.17. The molecule has 1 unspecified atom stereocenters. The average Bonchev–Trinajstić information content (AvgIpc) is 2.25. The normalized spacial score (nSPS) is 12.1. The lowest BCUT2D eigenvalue weighted by Gasteiger charge is -2.10. The van der Waals surface area contributed by atoms with Crippen LogP contribution in [0.4, 0.5) is 0 Å². The molecule has 0 aliphatic heterocycles. The minimum atomic E-state index is -0.923. The number of benzene rings is 1. The Morgan fingerprint density at radius 1 is 1.67 bits per heavy atom. The summed E-state index contributed by atoms with van der Waals surface area (Å²) >= 11 is 3.77. The third kappa shape index (κ3) is 3.45. The molecule has 0 radical (unpaired) electrons. The van der Waals surface area contributed by atoms with Gasteiger partial charge in [0.2, 0.25) is 0 Å². The van der Waals surface area contributed by atoms with Crippen LogP contribution in [0, 0.1) is 0 Å². The highest BCUT2D eigenvalue weighted by Gasteiger charge is 2.15. The van der Waals surface area contributed by atoms with E-state index in [1.165, 1.54) is 0 Å². The van der Waals surface area contributed by atoms with Crippen molar-refractivity contribution in [3.05, 3.63) is 29.8 Å². The van der Waals surface area contributed by atoms with Gasteiger partial charge in [-0.1, -0.05) is 24.9 Å². The number of aliphatic carboxylic acids is 1. The zero-order valence-corrected chi connectivity index (χ0v) is 9.20. The van der Waals surface area contributed by atoms with E-state index in [4.69, 9.17) is 9.84 Å². The second-order valence-electron chi connectivity index (χ2n) is 3.08. The predicted octanol–water partition coefficient (Wildman–Crippen LogP) is 1.13. The summed E-state index contributed by atoms with van der Waals surface area (Å²) in [5.74, 6) is -0.205. The zero-order valence-electron chi connectivity index (χ0n) is 8.30. The molecule has 0 saturated carbocycles. The lowest BCUT2D eigenvalue weighted by Crippen LogP contribution is -2.32. The van der Waals surface area contributed by atoms with Gasteiger partial charge in [0.15, 0.2) is 0 Å². The van der Waals surface area contributed by atoms with E-state index in [0.717, 1.165) is 11.3 Å². The van der Waals surface area contributed by atoms with Gasteiger partial charge < -0.3 is 9.84 Å². The molecule has 0 fully saturated rings. The molecular formula is C10H13NO3S. The lowest BCUT2D eigenvalue weighted by molar-refractivity contribution is -0.138. The molecule has 0 saturated heterocycles. The molecule has 82 valence electrons. The summed E-state index contributed by atoms with van der Waals surface area (Å²) in [7, 11) is 1.57. The third-order valence-electron chi connectivity index (χ3n) is 2.03. The van der Waals surface area contributed by atoms with Crippen LogP contribution in [0.2, 0.25) is 0 Å². The van der Waals surface area contributed by atoms with Crippen molar-refractivity contribution in [2.75, 3.05) is 7.11 Å². The van der Waals surface area contributed by atoms with Crippen LogP contribution in [0.1, 0.15) is 5.56 Å².